The van der Waals surface area contributed by atoms with Crippen LogP contribution < -0.4 is 16.2 Å². The summed E-state index contributed by atoms with van der Waals surface area (Å²) in [6.07, 6.45) is 3.07. The normalized spacial score (nSPS) is 11.2. The topological polar surface area (TPSA) is 17.8 Å². The highest BCUT2D eigenvalue weighted by atomic mass is 31.1. The summed E-state index contributed by atoms with van der Waals surface area (Å²) in [5.74, 6) is -3.17. The molecule has 29 heavy (non-hydrogen) atoms. The van der Waals surface area contributed by atoms with Gasteiger partial charge in [0.15, 0.2) is 11.6 Å². The quantitative estimate of drug-likeness (QED) is 0.353. The summed E-state index contributed by atoms with van der Waals surface area (Å²) in [6, 6.07) is 17.4. The Labute approximate surface area is 168 Å². The molecule has 0 spiro atoms. The third-order valence-corrected chi connectivity index (χ3v) is 7.47. The van der Waals surface area contributed by atoms with Gasteiger partial charge in [0.25, 0.3) is 0 Å². The van der Waals surface area contributed by atoms with Crippen LogP contribution in [0, 0.1) is 31.3 Å². The van der Waals surface area contributed by atoms with E-state index in [2.05, 4.69) is 4.98 Å². The molecule has 0 atom stereocenters. The number of benzene rings is 3. The van der Waals surface area contributed by atoms with Crippen molar-refractivity contribution < 1.29 is 13.2 Å². The molecule has 0 saturated carbocycles. The number of rotatable bonds is 4. The van der Waals surface area contributed by atoms with Crippen molar-refractivity contribution in [3.8, 4) is 5.69 Å². The molecule has 0 aliphatic heterocycles. The molecule has 2 nitrogen and oxygen atoms in total. The van der Waals surface area contributed by atoms with Crippen molar-refractivity contribution >= 4 is 24.1 Å². The summed E-state index contributed by atoms with van der Waals surface area (Å²) in [4.78, 5) is 4.51. The Bertz CT molecular complexity index is 1140. The van der Waals surface area contributed by atoms with Crippen molar-refractivity contribution in [1.29, 1.82) is 0 Å². The van der Waals surface area contributed by atoms with E-state index in [0.717, 1.165) is 27.8 Å². The average molecular weight is 410 g/mol. The second-order valence-electron chi connectivity index (χ2n) is 6.73. The maximum atomic E-state index is 14.6. The van der Waals surface area contributed by atoms with Gasteiger partial charge in [0.2, 0.25) is 0 Å². The van der Waals surface area contributed by atoms with E-state index >= 15 is 0 Å². The first-order valence-electron chi connectivity index (χ1n) is 9.07. The molecule has 4 aromatic rings. The van der Waals surface area contributed by atoms with Crippen molar-refractivity contribution in [1.82, 2.24) is 9.55 Å². The molecule has 0 unspecified atom stereocenters. The molecule has 6 heteroatoms. The van der Waals surface area contributed by atoms with Crippen LogP contribution in [0.15, 0.2) is 73.1 Å². The highest BCUT2D eigenvalue weighted by molar-refractivity contribution is 7.79. The largest absolute Gasteiger partial charge is 0.296 e. The minimum atomic E-state index is -1.23. The Hall–Kier alpha value is -2.91. The summed E-state index contributed by atoms with van der Waals surface area (Å²) >= 11 is 0. The number of hydrogen-bond donors (Lipinski definition) is 0. The molecule has 4 rings (SSSR count). The highest BCUT2D eigenvalue weighted by Gasteiger charge is 2.26. The third-order valence-electron chi connectivity index (χ3n) is 4.77. The van der Waals surface area contributed by atoms with Crippen molar-refractivity contribution in [2.75, 3.05) is 0 Å². The minimum absolute atomic E-state index is 0.190. The zero-order valence-corrected chi connectivity index (χ0v) is 16.8. The smallest absolute Gasteiger partial charge is 0.183 e. The van der Waals surface area contributed by atoms with Crippen molar-refractivity contribution in [3.05, 3.63) is 102 Å². The van der Waals surface area contributed by atoms with Gasteiger partial charge >= 0.3 is 0 Å². The van der Waals surface area contributed by atoms with E-state index in [1.54, 1.807) is 6.20 Å². The van der Waals surface area contributed by atoms with Crippen LogP contribution in [0.2, 0.25) is 0 Å². The molecular formula is C23H18F3N2P. The Kier molecular flexibility index (Phi) is 5.25. The predicted molar refractivity (Wildman–Crippen MR) is 112 cm³/mol. The van der Waals surface area contributed by atoms with Gasteiger partial charge < -0.3 is 0 Å². The SMILES string of the molecule is Cc1ccccc1P(c1ccccc1C)c1nccn1-c1cc(F)cc(F)c1F. The number of nitrogens with zero attached hydrogens (tertiary/aromatic N) is 2. The molecule has 146 valence electrons. The molecule has 3 aromatic carbocycles. The fourth-order valence-corrected chi connectivity index (χ4v) is 5.93. The van der Waals surface area contributed by atoms with E-state index < -0.39 is 25.4 Å². The van der Waals surface area contributed by atoms with Gasteiger partial charge in [0, 0.05) is 32.4 Å². The number of imidazole rings is 1. The maximum absolute atomic E-state index is 14.6. The molecule has 0 fully saturated rings. The van der Waals surface area contributed by atoms with Gasteiger partial charge in [-0.3, -0.25) is 4.57 Å². The first-order valence-corrected chi connectivity index (χ1v) is 10.4. The van der Waals surface area contributed by atoms with Crippen LogP contribution in [0.3, 0.4) is 0 Å². The van der Waals surface area contributed by atoms with E-state index in [1.807, 2.05) is 62.4 Å². The molecule has 1 heterocycles. The Morgan fingerprint density at radius 2 is 1.41 bits per heavy atom. The second kappa shape index (κ2) is 7.84. The van der Waals surface area contributed by atoms with Gasteiger partial charge in [-0.15, -0.1) is 0 Å². The molecule has 0 bridgehead atoms. The van der Waals surface area contributed by atoms with Crippen LogP contribution in [-0.4, -0.2) is 9.55 Å². The first kappa shape index (κ1) is 19.4. The zero-order chi connectivity index (χ0) is 20.5. The lowest BCUT2D eigenvalue weighted by molar-refractivity contribution is 0.491. The lowest BCUT2D eigenvalue weighted by Crippen LogP contribution is -2.30. The Balaban J connectivity index is 1.99. The van der Waals surface area contributed by atoms with Gasteiger partial charge in [-0.1, -0.05) is 48.5 Å². The Morgan fingerprint density at radius 1 is 0.828 bits per heavy atom. The molecule has 0 aliphatic rings. The van der Waals surface area contributed by atoms with Crippen molar-refractivity contribution in [2.24, 2.45) is 0 Å². The van der Waals surface area contributed by atoms with Gasteiger partial charge in [0.1, 0.15) is 11.4 Å². The van der Waals surface area contributed by atoms with Gasteiger partial charge in [-0.05, 0) is 35.6 Å². The predicted octanol–water partition coefficient (Wildman–Crippen LogP) is 4.66. The van der Waals surface area contributed by atoms with Crippen LogP contribution >= 0.6 is 7.92 Å². The van der Waals surface area contributed by atoms with Crippen LogP contribution in [0.25, 0.3) is 5.69 Å². The fourth-order valence-electron chi connectivity index (χ4n) is 3.34. The van der Waals surface area contributed by atoms with Crippen LogP contribution in [0.5, 0.6) is 0 Å². The minimum Gasteiger partial charge on any atom is -0.296 e. The monoisotopic (exact) mass is 410 g/mol. The van der Waals surface area contributed by atoms with E-state index in [1.165, 1.54) is 10.8 Å². The lowest BCUT2D eigenvalue weighted by atomic mass is 10.2. The molecule has 1 aromatic heterocycles. The van der Waals surface area contributed by atoms with E-state index in [-0.39, 0.29) is 5.69 Å². The lowest BCUT2D eigenvalue weighted by Gasteiger charge is -2.23. The number of hydrogen-bond acceptors (Lipinski definition) is 1. The number of halogens is 3. The van der Waals surface area contributed by atoms with E-state index in [9.17, 15) is 13.2 Å². The maximum Gasteiger partial charge on any atom is 0.183 e. The standard InChI is InChI=1S/C23H18F3N2P/c1-15-7-3-5-9-20(15)29(21-10-6-4-8-16(21)2)23-27-11-12-28(23)19-14-17(24)13-18(25)22(19)26/h3-14H,1-2H3. The highest BCUT2D eigenvalue weighted by Crippen LogP contribution is 2.35. The number of aryl methyl sites for hydroxylation is 2. The molecule has 0 radical (unpaired) electrons. The third kappa shape index (κ3) is 3.58. The van der Waals surface area contributed by atoms with Gasteiger partial charge in [0.05, 0.1) is 5.69 Å². The van der Waals surface area contributed by atoms with Crippen molar-refractivity contribution in [3.63, 3.8) is 0 Å². The molecule has 0 N–H and O–H groups in total. The molecule has 0 saturated heterocycles. The second-order valence-corrected chi connectivity index (χ2v) is 8.76. The summed E-state index contributed by atoms with van der Waals surface area (Å²) in [7, 11) is -1.19. The Morgan fingerprint density at radius 3 is 2.00 bits per heavy atom. The summed E-state index contributed by atoms with van der Waals surface area (Å²) in [5.41, 5.74) is 2.50. The van der Waals surface area contributed by atoms with Crippen LogP contribution in [0.4, 0.5) is 13.2 Å². The van der Waals surface area contributed by atoms with Crippen LogP contribution in [0.1, 0.15) is 11.1 Å². The zero-order valence-electron chi connectivity index (χ0n) is 15.9. The molecule has 0 aliphatic carbocycles. The molecule has 0 amide bonds. The first-order chi connectivity index (χ1) is 14.0. The van der Waals surface area contributed by atoms with E-state index in [0.29, 0.717) is 11.6 Å². The number of aromatic nitrogens is 2. The van der Waals surface area contributed by atoms with Gasteiger partial charge in [-0.25, -0.2) is 18.2 Å². The summed E-state index contributed by atoms with van der Waals surface area (Å²) in [5, 5.41) is 2.11. The summed E-state index contributed by atoms with van der Waals surface area (Å²) < 4.78 is 43.8. The van der Waals surface area contributed by atoms with Gasteiger partial charge in [-0.2, -0.15) is 0 Å². The fraction of sp³-hybridized carbons (Fsp3) is 0.0870. The van der Waals surface area contributed by atoms with Crippen molar-refractivity contribution in [2.45, 2.75) is 13.8 Å². The van der Waals surface area contributed by atoms with E-state index in [4.69, 9.17) is 0 Å². The average Bonchev–Trinajstić information content (AvgIpc) is 3.17. The van der Waals surface area contributed by atoms with Crippen LogP contribution in [-0.2, 0) is 0 Å². The molecular weight excluding hydrogens is 392 g/mol. The summed E-state index contributed by atoms with van der Waals surface area (Å²) in [6.45, 7) is 4.03.